The van der Waals surface area contributed by atoms with Gasteiger partial charge in [-0.2, -0.15) is 0 Å². The van der Waals surface area contributed by atoms with Crippen molar-refractivity contribution in [1.82, 2.24) is 15.7 Å². The molecular formula is C19H29N3O5. The van der Waals surface area contributed by atoms with Crippen LogP contribution in [0.4, 0.5) is 4.79 Å². The van der Waals surface area contributed by atoms with Gasteiger partial charge in [0.1, 0.15) is 12.6 Å². The molecule has 0 spiro atoms. The Balaban J connectivity index is 2.58. The highest BCUT2D eigenvalue weighted by atomic mass is 16.5. The molecule has 0 fully saturated rings. The largest absolute Gasteiger partial charge is 0.445 e. The third-order valence-electron chi connectivity index (χ3n) is 4.05. The van der Waals surface area contributed by atoms with Gasteiger partial charge in [-0.15, -0.1) is 0 Å². The second-order valence-electron chi connectivity index (χ2n) is 6.36. The number of benzene rings is 1. The van der Waals surface area contributed by atoms with Crippen molar-refractivity contribution < 1.29 is 24.3 Å². The molecule has 0 radical (unpaired) electrons. The number of alkyl carbamates (subject to hydrolysis) is 1. The molecule has 1 unspecified atom stereocenters. The average Bonchev–Trinajstić information content (AvgIpc) is 2.65. The maximum Gasteiger partial charge on any atom is 0.408 e. The quantitative estimate of drug-likeness (QED) is 0.427. The van der Waals surface area contributed by atoms with Crippen LogP contribution in [0.5, 0.6) is 0 Å². The fraction of sp³-hybridized carbons (Fsp3) is 0.526. The van der Waals surface area contributed by atoms with Crippen LogP contribution in [0, 0.1) is 0 Å². The number of carbonyl (C=O) groups is 3. The smallest absolute Gasteiger partial charge is 0.408 e. The van der Waals surface area contributed by atoms with E-state index in [1.54, 1.807) is 0 Å². The molecular weight excluding hydrogens is 350 g/mol. The lowest BCUT2D eigenvalue weighted by Crippen LogP contribution is -2.49. The van der Waals surface area contributed by atoms with Gasteiger partial charge < -0.3 is 15.4 Å². The number of nitrogens with zero attached hydrogens (tertiary/aromatic N) is 1. The fourth-order valence-corrected chi connectivity index (χ4v) is 2.22. The first-order valence-electron chi connectivity index (χ1n) is 9.08. The zero-order valence-electron chi connectivity index (χ0n) is 16.1. The van der Waals surface area contributed by atoms with Crippen molar-refractivity contribution in [1.29, 1.82) is 0 Å². The van der Waals surface area contributed by atoms with Crippen molar-refractivity contribution in [3.63, 3.8) is 0 Å². The van der Waals surface area contributed by atoms with Crippen LogP contribution in [0.3, 0.4) is 0 Å². The van der Waals surface area contributed by atoms with Gasteiger partial charge in [0.15, 0.2) is 0 Å². The molecule has 1 aromatic rings. The molecule has 0 aliphatic rings. The Hall–Kier alpha value is -2.61. The molecule has 1 aromatic carbocycles. The van der Waals surface area contributed by atoms with Gasteiger partial charge in [-0.25, -0.2) is 9.86 Å². The summed E-state index contributed by atoms with van der Waals surface area (Å²) in [5.74, 6) is -0.806. The van der Waals surface area contributed by atoms with E-state index in [2.05, 4.69) is 10.6 Å². The second kappa shape index (κ2) is 11.9. The van der Waals surface area contributed by atoms with Crippen molar-refractivity contribution in [3.05, 3.63) is 35.9 Å². The summed E-state index contributed by atoms with van der Waals surface area (Å²) in [5.41, 5.74) is 0.839. The second-order valence-corrected chi connectivity index (χ2v) is 6.36. The predicted octanol–water partition coefficient (Wildman–Crippen LogP) is 2.21. The van der Waals surface area contributed by atoms with Crippen LogP contribution in [-0.2, 0) is 20.9 Å². The summed E-state index contributed by atoms with van der Waals surface area (Å²) in [6, 6.07) is 8.36. The van der Waals surface area contributed by atoms with E-state index >= 15 is 0 Å². The third-order valence-corrected chi connectivity index (χ3v) is 4.05. The van der Waals surface area contributed by atoms with Crippen molar-refractivity contribution in [2.75, 3.05) is 6.54 Å². The lowest BCUT2D eigenvalue weighted by Gasteiger charge is -2.21. The molecule has 0 aliphatic heterocycles. The number of nitrogens with one attached hydrogen (secondary N) is 2. The SMILES string of the molecule is CCC(C)NC(=O)[C@H](CCCN(O)C(C)=O)NC(=O)OCc1ccccc1. The minimum absolute atomic E-state index is 0.0336. The summed E-state index contributed by atoms with van der Waals surface area (Å²) in [4.78, 5) is 35.5. The average molecular weight is 379 g/mol. The summed E-state index contributed by atoms with van der Waals surface area (Å²) in [6.45, 7) is 5.22. The summed E-state index contributed by atoms with van der Waals surface area (Å²) in [7, 11) is 0. The summed E-state index contributed by atoms with van der Waals surface area (Å²) in [5, 5.41) is 15.4. The van der Waals surface area contributed by atoms with Gasteiger partial charge in [0.05, 0.1) is 0 Å². The van der Waals surface area contributed by atoms with Crippen LogP contribution >= 0.6 is 0 Å². The van der Waals surface area contributed by atoms with Gasteiger partial charge >= 0.3 is 6.09 Å². The molecule has 0 aromatic heterocycles. The van der Waals surface area contributed by atoms with Gasteiger partial charge in [0.25, 0.3) is 0 Å². The van der Waals surface area contributed by atoms with Crippen LogP contribution in [0.25, 0.3) is 0 Å². The van der Waals surface area contributed by atoms with Gasteiger partial charge in [-0.3, -0.25) is 14.8 Å². The van der Waals surface area contributed by atoms with E-state index in [0.29, 0.717) is 11.5 Å². The lowest BCUT2D eigenvalue weighted by atomic mass is 10.1. The summed E-state index contributed by atoms with van der Waals surface area (Å²) in [6.07, 6.45) is 0.655. The number of ether oxygens (including phenoxy) is 1. The molecule has 150 valence electrons. The lowest BCUT2D eigenvalue weighted by molar-refractivity contribution is -0.162. The van der Waals surface area contributed by atoms with E-state index in [1.807, 2.05) is 44.2 Å². The minimum atomic E-state index is -0.817. The van der Waals surface area contributed by atoms with Crippen molar-refractivity contribution in [3.8, 4) is 0 Å². The van der Waals surface area contributed by atoms with Crippen molar-refractivity contribution in [2.24, 2.45) is 0 Å². The fourth-order valence-electron chi connectivity index (χ4n) is 2.22. The van der Waals surface area contributed by atoms with Gasteiger partial charge in [-0.1, -0.05) is 37.3 Å². The molecule has 0 heterocycles. The van der Waals surface area contributed by atoms with Crippen LogP contribution in [0.2, 0.25) is 0 Å². The zero-order valence-corrected chi connectivity index (χ0v) is 16.1. The molecule has 0 saturated carbocycles. The van der Waals surface area contributed by atoms with E-state index < -0.39 is 18.0 Å². The predicted molar refractivity (Wildman–Crippen MR) is 99.9 cm³/mol. The molecule has 1 rings (SSSR count). The Morgan fingerprint density at radius 2 is 1.85 bits per heavy atom. The maximum absolute atomic E-state index is 12.4. The molecule has 8 nitrogen and oxygen atoms in total. The Bertz CT molecular complexity index is 609. The topological polar surface area (TPSA) is 108 Å². The molecule has 27 heavy (non-hydrogen) atoms. The molecule has 8 heteroatoms. The third kappa shape index (κ3) is 9.05. The van der Waals surface area contributed by atoms with Crippen LogP contribution in [0.15, 0.2) is 30.3 Å². The molecule has 3 N–H and O–H groups in total. The van der Waals surface area contributed by atoms with E-state index in [-0.39, 0.29) is 31.5 Å². The summed E-state index contributed by atoms with van der Waals surface area (Å²) >= 11 is 0. The maximum atomic E-state index is 12.4. The number of amides is 3. The minimum Gasteiger partial charge on any atom is -0.445 e. The first-order chi connectivity index (χ1) is 12.8. The highest BCUT2D eigenvalue weighted by Crippen LogP contribution is 2.04. The van der Waals surface area contributed by atoms with Gasteiger partial charge in [0.2, 0.25) is 11.8 Å². The normalized spacial score (nSPS) is 12.6. The Morgan fingerprint density at radius 3 is 2.44 bits per heavy atom. The number of carbonyl (C=O) groups excluding carboxylic acids is 3. The van der Waals surface area contributed by atoms with Crippen molar-refractivity contribution >= 4 is 17.9 Å². The molecule has 0 aliphatic carbocycles. The standard InChI is InChI=1S/C19H29N3O5/c1-4-14(2)20-18(24)17(11-8-12-22(26)15(3)23)21-19(25)27-13-16-9-6-5-7-10-16/h5-7,9-10,14,17,26H,4,8,11-13H2,1-3H3,(H,20,24)(H,21,25)/t14?,17-/m0/s1. The van der Waals surface area contributed by atoms with Gasteiger partial charge in [0, 0.05) is 19.5 Å². The number of rotatable bonds is 10. The van der Waals surface area contributed by atoms with Crippen molar-refractivity contribution in [2.45, 2.75) is 58.7 Å². The summed E-state index contributed by atoms with van der Waals surface area (Å²) < 4.78 is 5.16. The highest BCUT2D eigenvalue weighted by Gasteiger charge is 2.22. The Morgan fingerprint density at radius 1 is 1.19 bits per heavy atom. The zero-order chi connectivity index (χ0) is 20.2. The highest BCUT2D eigenvalue weighted by molar-refractivity contribution is 5.85. The van der Waals surface area contributed by atoms with E-state index in [0.717, 1.165) is 12.0 Å². The number of hydroxylamine groups is 2. The van der Waals surface area contributed by atoms with Crippen LogP contribution in [0.1, 0.15) is 45.6 Å². The monoisotopic (exact) mass is 379 g/mol. The Labute approximate surface area is 159 Å². The molecule has 3 amide bonds. The van der Waals surface area contributed by atoms with Crippen LogP contribution in [-0.4, -0.2) is 46.8 Å². The van der Waals surface area contributed by atoms with Gasteiger partial charge in [-0.05, 0) is 31.7 Å². The van der Waals surface area contributed by atoms with E-state index in [1.165, 1.54) is 6.92 Å². The number of hydrogen-bond acceptors (Lipinski definition) is 5. The first kappa shape index (κ1) is 22.4. The first-order valence-corrected chi connectivity index (χ1v) is 9.08. The molecule has 2 atom stereocenters. The van der Waals surface area contributed by atoms with E-state index in [9.17, 15) is 19.6 Å². The number of hydrogen-bond donors (Lipinski definition) is 3. The van der Waals surface area contributed by atoms with Crippen LogP contribution < -0.4 is 10.6 Å². The Kier molecular flexibility index (Phi) is 9.89. The van der Waals surface area contributed by atoms with E-state index in [4.69, 9.17) is 4.74 Å². The molecule has 0 bridgehead atoms. The molecule has 0 saturated heterocycles.